The minimum atomic E-state index is -4.30. The van der Waals surface area contributed by atoms with Gasteiger partial charge in [-0.2, -0.15) is 13.2 Å². The van der Waals surface area contributed by atoms with Crippen LogP contribution in [0.15, 0.2) is 18.2 Å². The molecule has 0 bridgehead atoms. The van der Waals surface area contributed by atoms with Crippen molar-refractivity contribution in [2.45, 2.75) is 26.1 Å². The fourth-order valence-electron chi connectivity index (χ4n) is 2.20. The number of benzene rings is 1. The highest BCUT2D eigenvalue weighted by Gasteiger charge is 2.27. The second kappa shape index (κ2) is 6.66. The van der Waals surface area contributed by atoms with E-state index in [0.717, 1.165) is 22.4 Å². The van der Waals surface area contributed by atoms with Crippen molar-refractivity contribution in [3.63, 3.8) is 0 Å². The van der Waals surface area contributed by atoms with E-state index in [9.17, 15) is 13.2 Å². The van der Waals surface area contributed by atoms with Crippen molar-refractivity contribution in [1.82, 2.24) is 9.55 Å². The largest absolute Gasteiger partial charge is 0.411 e. The van der Waals surface area contributed by atoms with E-state index in [1.54, 1.807) is 0 Å². The number of imidazole rings is 1. The normalized spacial score (nSPS) is 12.2. The molecule has 1 aromatic heterocycles. The Balaban J connectivity index is 2.17. The van der Waals surface area contributed by atoms with Gasteiger partial charge in [-0.15, -0.1) is 11.6 Å². The molecule has 0 N–H and O–H groups in total. The molecule has 0 fully saturated rings. The van der Waals surface area contributed by atoms with Crippen LogP contribution in [0, 0.1) is 6.92 Å². The zero-order valence-electron chi connectivity index (χ0n) is 11.6. The molecule has 0 aliphatic carbocycles. The van der Waals surface area contributed by atoms with Crippen molar-refractivity contribution >= 4 is 22.6 Å². The standard InChI is InChI=1S/C14H16ClF3N2O/c1-10-3-2-4-11-13(10)19-12(5-6-15)20(11)7-8-21-9-14(16,17)18/h2-4H,5-9H2,1H3. The van der Waals surface area contributed by atoms with E-state index in [4.69, 9.17) is 11.6 Å². The number of hydrogen-bond donors (Lipinski definition) is 0. The molecule has 0 saturated heterocycles. The molecular formula is C14H16ClF3N2O. The van der Waals surface area contributed by atoms with E-state index >= 15 is 0 Å². The Kier molecular flexibility index (Phi) is 5.11. The lowest BCUT2D eigenvalue weighted by molar-refractivity contribution is -0.174. The lowest BCUT2D eigenvalue weighted by Gasteiger charge is -2.10. The van der Waals surface area contributed by atoms with Gasteiger partial charge in [0.15, 0.2) is 0 Å². The molecule has 1 aromatic carbocycles. The van der Waals surface area contributed by atoms with Crippen molar-refractivity contribution in [3.8, 4) is 0 Å². The van der Waals surface area contributed by atoms with Gasteiger partial charge in [-0.1, -0.05) is 12.1 Å². The molecule has 116 valence electrons. The summed E-state index contributed by atoms with van der Waals surface area (Å²) in [6.07, 6.45) is -3.73. The highest BCUT2D eigenvalue weighted by atomic mass is 35.5. The van der Waals surface area contributed by atoms with Crippen molar-refractivity contribution < 1.29 is 17.9 Å². The van der Waals surface area contributed by atoms with Gasteiger partial charge in [0.2, 0.25) is 0 Å². The predicted molar refractivity (Wildman–Crippen MR) is 75.8 cm³/mol. The number of halogens is 4. The van der Waals surface area contributed by atoms with Gasteiger partial charge in [0.1, 0.15) is 12.4 Å². The number of hydrogen-bond acceptors (Lipinski definition) is 2. The number of aromatic nitrogens is 2. The van der Waals surface area contributed by atoms with Gasteiger partial charge in [0.05, 0.1) is 17.6 Å². The monoisotopic (exact) mass is 320 g/mol. The summed E-state index contributed by atoms with van der Waals surface area (Å²) < 4.78 is 42.8. The molecule has 0 aliphatic rings. The zero-order chi connectivity index (χ0) is 15.5. The van der Waals surface area contributed by atoms with Crippen LogP contribution in [-0.2, 0) is 17.7 Å². The number of aryl methyl sites for hydroxylation is 2. The van der Waals surface area contributed by atoms with E-state index in [2.05, 4.69) is 9.72 Å². The molecule has 21 heavy (non-hydrogen) atoms. The summed E-state index contributed by atoms with van der Waals surface area (Å²) in [5, 5.41) is 0. The maximum absolute atomic E-state index is 12.1. The van der Waals surface area contributed by atoms with Crippen molar-refractivity contribution in [3.05, 3.63) is 29.6 Å². The van der Waals surface area contributed by atoms with Gasteiger partial charge >= 0.3 is 6.18 Å². The SMILES string of the molecule is Cc1cccc2c1nc(CCCl)n2CCOCC(F)(F)F. The summed E-state index contributed by atoms with van der Waals surface area (Å²) in [6, 6.07) is 5.75. The molecule has 0 saturated carbocycles. The molecule has 7 heteroatoms. The Morgan fingerprint density at radius 1 is 1.33 bits per heavy atom. The van der Waals surface area contributed by atoms with E-state index in [0.29, 0.717) is 18.8 Å². The van der Waals surface area contributed by atoms with Crippen LogP contribution in [0.3, 0.4) is 0 Å². The first-order chi connectivity index (χ1) is 9.92. The highest BCUT2D eigenvalue weighted by molar-refractivity contribution is 6.17. The predicted octanol–water partition coefficient (Wildman–Crippen LogP) is 3.70. The molecule has 0 unspecified atom stereocenters. The van der Waals surface area contributed by atoms with Crippen molar-refractivity contribution in [1.29, 1.82) is 0 Å². The molecular weight excluding hydrogens is 305 g/mol. The molecule has 0 radical (unpaired) electrons. The van der Waals surface area contributed by atoms with Gasteiger partial charge < -0.3 is 9.30 Å². The summed E-state index contributed by atoms with van der Waals surface area (Å²) in [5.74, 6) is 1.18. The van der Waals surface area contributed by atoms with Crippen LogP contribution in [0.5, 0.6) is 0 Å². The fourth-order valence-corrected chi connectivity index (χ4v) is 2.37. The van der Waals surface area contributed by atoms with Crippen LogP contribution < -0.4 is 0 Å². The maximum Gasteiger partial charge on any atom is 0.411 e. The van der Waals surface area contributed by atoms with Gasteiger partial charge in [-0.25, -0.2) is 4.98 Å². The van der Waals surface area contributed by atoms with Crippen molar-refractivity contribution in [2.24, 2.45) is 0 Å². The Bertz CT molecular complexity index is 610. The van der Waals surface area contributed by atoms with Crippen LogP contribution in [0.1, 0.15) is 11.4 Å². The van der Waals surface area contributed by atoms with Gasteiger partial charge in [0.25, 0.3) is 0 Å². The van der Waals surface area contributed by atoms with Crippen molar-refractivity contribution in [2.75, 3.05) is 19.1 Å². The first kappa shape index (κ1) is 16.1. The van der Waals surface area contributed by atoms with Gasteiger partial charge in [-0.05, 0) is 18.6 Å². The van der Waals surface area contributed by atoms with Crippen LogP contribution in [0.25, 0.3) is 11.0 Å². The Labute approximate surface area is 125 Å². The second-order valence-corrected chi connectivity index (χ2v) is 5.11. The third-order valence-electron chi connectivity index (χ3n) is 3.10. The van der Waals surface area contributed by atoms with E-state index in [1.807, 2.05) is 29.7 Å². The van der Waals surface area contributed by atoms with Crippen LogP contribution in [0.4, 0.5) is 13.2 Å². The summed E-state index contributed by atoms with van der Waals surface area (Å²) in [5.41, 5.74) is 2.78. The molecule has 2 rings (SSSR count). The number of para-hydroxylation sites is 1. The number of alkyl halides is 4. The molecule has 0 atom stereocenters. The summed E-state index contributed by atoms with van der Waals surface area (Å²) in [6.45, 7) is 1.02. The Morgan fingerprint density at radius 2 is 2.10 bits per heavy atom. The number of fused-ring (bicyclic) bond motifs is 1. The first-order valence-corrected chi connectivity index (χ1v) is 7.11. The lowest BCUT2D eigenvalue weighted by Crippen LogP contribution is -2.19. The van der Waals surface area contributed by atoms with Crippen LogP contribution in [0.2, 0.25) is 0 Å². The molecule has 1 heterocycles. The molecule has 3 nitrogen and oxygen atoms in total. The smallest absolute Gasteiger partial charge is 0.370 e. The van der Waals surface area contributed by atoms with E-state index in [1.165, 1.54) is 0 Å². The second-order valence-electron chi connectivity index (χ2n) is 4.73. The summed E-state index contributed by atoms with van der Waals surface area (Å²) >= 11 is 5.76. The molecule has 0 spiro atoms. The topological polar surface area (TPSA) is 27.1 Å². The molecule has 2 aromatic rings. The first-order valence-electron chi connectivity index (χ1n) is 6.57. The minimum Gasteiger partial charge on any atom is -0.370 e. The Hall–Kier alpha value is -1.27. The fraction of sp³-hybridized carbons (Fsp3) is 0.500. The van der Waals surface area contributed by atoms with Gasteiger partial charge in [0, 0.05) is 18.8 Å². The van der Waals surface area contributed by atoms with E-state index < -0.39 is 12.8 Å². The average molecular weight is 321 g/mol. The maximum atomic E-state index is 12.1. The minimum absolute atomic E-state index is 0.0196. The lowest BCUT2D eigenvalue weighted by atomic mass is 10.2. The average Bonchev–Trinajstić information content (AvgIpc) is 2.74. The van der Waals surface area contributed by atoms with Crippen LogP contribution >= 0.6 is 11.6 Å². The quantitative estimate of drug-likeness (QED) is 0.599. The Morgan fingerprint density at radius 3 is 2.76 bits per heavy atom. The summed E-state index contributed by atoms with van der Waals surface area (Å²) in [4.78, 5) is 4.53. The third-order valence-corrected chi connectivity index (χ3v) is 3.29. The zero-order valence-corrected chi connectivity index (χ0v) is 12.3. The van der Waals surface area contributed by atoms with Gasteiger partial charge in [-0.3, -0.25) is 0 Å². The highest BCUT2D eigenvalue weighted by Crippen LogP contribution is 2.20. The van der Waals surface area contributed by atoms with Crippen LogP contribution in [-0.4, -0.2) is 34.8 Å². The number of ether oxygens (including phenoxy) is 1. The summed E-state index contributed by atoms with van der Waals surface area (Å²) in [7, 11) is 0. The molecule has 0 aliphatic heterocycles. The van der Waals surface area contributed by atoms with E-state index in [-0.39, 0.29) is 6.61 Å². The number of rotatable bonds is 6. The third kappa shape index (κ3) is 4.11. The number of nitrogens with zero attached hydrogens (tertiary/aromatic N) is 2. The molecule has 0 amide bonds.